The van der Waals surface area contributed by atoms with Crippen molar-refractivity contribution in [2.24, 2.45) is 5.10 Å². The Labute approximate surface area is 173 Å². The van der Waals surface area contributed by atoms with Gasteiger partial charge in [-0.2, -0.15) is 5.10 Å². The summed E-state index contributed by atoms with van der Waals surface area (Å²) in [5, 5.41) is 4.20. The van der Waals surface area contributed by atoms with E-state index in [2.05, 4.69) is 62.3 Å². The molecule has 0 bridgehead atoms. The van der Waals surface area contributed by atoms with Crippen molar-refractivity contribution in [3.05, 3.63) is 58.1 Å². The summed E-state index contributed by atoms with van der Waals surface area (Å²) in [6.07, 6.45) is 2.82. The Morgan fingerprint density at radius 2 is 2.00 bits per heavy atom. The molecule has 1 atom stereocenters. The van der Waals surface area contributed by atoms with E-state index in [9.17, 15) is 4.79 Å². The van der Waals surface area contributed by atoms with Crippen LogP contribution in [-0.2, 0) is 0 Å². The molecule has 3 rings (SSSR count). The molecule has 5 nitrogen and oxygen atoms in total. The van der Waals surface area contributed by atoms with Crippen LogP contribution in [0.15, 0.2) is 35.4 Å². The maximum Gasteiger partial charge on any atom is 0.275 e. The quantitative estimate of drug-likeness (QED) is 0.600. The van der Waals surface area contributed by atoms with Crippen molar-refractivity contribution in [3.8, 4) is 5.75 Å². The number of ether oxygens (including phenoxy) is 1. The minimum atomic E-state index is -0.288. The van der Waals surface area contributed by atoms with E-state index in [0.717, 1.165) is 23.1 Å². The lowest BCUT2D eigenvalue weighted by atomic mass is 9.79. The molecule has 0 spiro atoms. The predicted molar refractivity (Wildman–Crippen MR) is 119 cm³/mol. The Balaban J connectivity index is 1.82. The maximum atomic E-state index is 12.5. The van der Waals surface area contributed by atoms with Crippen molar-refractivity contribution in [2.45, 2.75) is 52.5 Å². The van der Waals surface area contributed by atoms with Crippen LogP contribution in [0.5, 0.6) is 5.75 Å². The summed E-state index contributed by atoms with van der Waals surface area (Å²) in [6, 6.07) is 9.89. The van der Waals surface area contributed by atoms with Gasteiger partial charge in [-0.25, -0.2) is 5.43 Å². The second-order valence-corrected chi connectivity index (χ2v) is 8.65. The molecule has 0 fully saturated rings. The highest BCUT2D eigenvalue weighted by atomic mass is 16.5. The monoisotopic (exact) mass is 393 g/mol. The van der Waals surface area contributed by atoms with E-state index < -0.39 is 0 Å². The van der Waals surface area contributed by atoms with Crippen LogP contribution in [-0.4, -0.2) is 31.8 Å². The summed E-state index contributed by atoms with van der Waals surface area (Å²) in [6.45, 7) is 10.9. The number of carbonyl (C=O) groups is 1. The molecule has 154 valence electrons. The number of rotatable bonds is 4. The van der Waals surface area contributed by atoms with Gasteiger partial charge in [0, 0.05) is 18.3 Å². The van der Waals surface area contributed by atoms with Crippen LogP contribution in [0.1, 0.15) is 65.7 Å². The molecule has 1 N–H and O–H groups in total. The zero-order chi connectivity index (χ0) is 21.3. The van der Waals surface area contributed by atoms with Crippen molar-refractivity contribution >= 4 is 17.8 Å². The third kappa shape index (κ3) is 4.14. The molecule has 0 aromatic heterocycles. The summed E-state index contributed by atoms with van der Waals surface area (Å²) in [4.78, 5) is 14.9. The van der Waals surface area contributed by atoms with Crippen LogP contribution in [0.3, 0.4) is 0 Å². The number of hydrazone groups is 1. The summed E-state index contributed by atoms with van der Waals surface area (Å²) in [7, 11) is 3.72. The topological polar surface area (TPSA) is 53.9 Å². The number of nitrogens with one attached hydrogen (secondary N) is 1. The van der Waals surface area contributed by atoms with Crippen molar-refractivity contribution in [1.82, 2.24) is 5.43 Å². The minimum Gasteiger partial charge on any atom is -0.496 e. The molecule has 0 saturated heterocycles. The molecule has 0 radical (unpaired) electrons. The number of anilines is 1. The second kappa shape index (κ2) is 7.90. The van der Waals surface area contributed by atoms with Gasteiger partial charge >= 0.3 is 0 Å². The fourth-order valence-corrected chi connectivity index (χ4v) is 4.08. The number of benzene rings is 2. The molecule has 1 amide bonds. The fourth-order valence-electron chi connectivity index (χ4n) is 4.08. The highest BCUT2D eigenvalue weighted by molar-refractivity contribution is 5.97. The third-order valence-electron chi connectivity index (χ3n) is 5.99. The van der Waals surface area contributed by atoms with E-state index in [4.69, 9.17) is 4.74 Å². The summed E-state index contributed by atoms with van der Waals surface area (Å²) in [5.74, 6) is 0.723. The van der Waals surface area contributed by atoms with E-state index in [-0.39, 0.29) is 11.4 Å². The smallest absolute Gasteiger partial charge is 0.275 e. The van der Waals surface area contributed by atoms with Gasteiger partial charge in [0.05, 0.1) is 18.9 Å². The first-order valence-corrected chi connectivity index (χ1v) is 10.0. The fraction of sp³-hybridized carbons (Fsp3) is 0.417. The molecular weight excluding hydrogens is 362 g/mol. The van der Waals surface area contributed by atoms with Gasteiger partial charge < -0.3 is 9.64 Å². The Morgan fingerprint density at radius 1 is 1.28 bits per heavy atom. The predicted octanol–water partition coefficient (Wildman–Crippen LogP) is 4.80. The zero-order valence-corrected chi connectivity index (χ0v) is 18.5. The number of nitrogens with zero attached hydrogens (tertiary/aromatic N) is 2. The largest absolute Gasteiger partial charge is 0.496 e. The number of fused-ring (bicyclic) bond motifs is 1. The van der Waals surface area contributed by atoms with Crippen LogP contribution < -0.4 is 15.1 Å². The average molecular weight is 394 g/mol. The normalized spacial score (nSPS) is 17.9. The summed E-state index contributed by atoms with van der Waals surface area (Å²) >= 11 is 0. The first kappa shape index (κ1) is 20.9. The van der Waals surface area contributed by atoms with Crippen LogP contribution in [0.4, 0.5) is 5.69 Å². The van der Waals surface area contributed by atoms with Gasteiger partial charge in [0.1, 0.15) is 5.75 Å². The molecule has 0 saturated carbocycles. The molecule has 0 aliphatic carbocycles. The number of aryl methyl sites for hydroxylation is 2. The molecule has 2 aromatic rings. The summed E-state index contributed by atoms with van der Waals surface area (Å²) in [5.41, 5.74) is 9.00. The SMILES string of the molecule is COc1cc(C)ccc1C(=O)N/N=C\c1cc2c(cc1C)N(C)C(C)(C)C[C@H]2C. The molecule has 1 aliphatic rings. The number of carbonyl (C=O) groups excluding carboxylic acids is 1. The van der Waals surface area contributed by atoms with E-state index in [0.29, 0.717) is 17.2 Å². The van der Waals surface area contributed by atoms with Crippen LogP contribution >= 0.6 is 0 Å². The van der Waals surface area contributed by atoms with Gasteiger partial charge in [0.25, 0.3) is 5.91 Å². The molecular formula is C24H31N3O2. The van der Waals surface area contributed by atoms with Crippen LogP contribution in [0, 0.1) is 13.8 Å². The van der Waals surface area contributed by atoms with Crippen molar-refractivity contribution < 1.29 is 9.53 Å². The Morgan fingerprint density at radius 3 is 2.69 bits per heavy atom. The highest BCUT2D eigenvalue weighted by Gasteiger charge is 2.34. The molecule has 1 aliphatic heterocycles. The van der Waals surface area contributed by atoms with E-state index in [1.54, 1.807) is 19.4 Å². The second-order valence-electron chi connectivity index (χ2n) is 8.65. The number of methoxy groups -OCH3 is 1. The van der Waals surface area contributed by atoms with Crippen molar-refractivity contribution in [2.75, 3.05) is 19.1 Å². The number of hydrogen-bond acceptors (Lipinski definition) is 4. The number of hydrogen-bond donors (Lipinski definition) is 1. The molecule has 2 aromatic carbocycles. The highest BCUT2D eigenvalue weighted by Crippen LogP contribution is 2.43. The average Bonchev–Trinajstić information content (AvgIpc) is 2.66. The first-order chi connectivity index (χ1) is 13.6. The van der Waals surface area contributed by atoms with Crippen LogP contribution in [0.25, 0.3) is 0 Å². The van der Waals surface area contributed by atoms with Gasteiger partial charge in [-0.15, -0.1) is 0 Å². The molecule has 29 heavy (non-hydrogen) atoms. The van der Waals surface area contributed by atoms with E-state index in [1.165, 1.54) is 11.3 Å². The molecule has 1 heterocycles. The van der Waals surface area contributed by atoms with Gasteiger partial charge in [-0.1, -0.05) is 13.0 Å². The zero-order valence-electron chi connectivity index (χ0n) is 18.5. The standard InChI is InChI=1S/C24H31N3O2/c1-15-8-9-19(22(10-15)29-7)23(28)26-25-14-18-12-20-17(3)13-24(4,5)27(6)21(20)11-16(18)2/h8-12,14,17H,13H2,1-7H3,(H,26,28)/b25-14-/t17-/m1/s1. The van der Waals surface area contributed by atoms with Gasteiger partial charge in [0.2, 0.25) is 0 Å². The van der Waals surface area contributed by atoms with Gasteiger partial charge in [-0.3, -0.25) is 4.79 Å². The summed E-state index contributed by atoms with van der Waals surface area (Å²) < 4.78 is 5.31. The van der Waals surface area contributed by atoms with Gasteiger partial charge in [-0.05, 0) is 86.6 Å². The lowest BCUT2D eigenvalue weighted by Crippen LogP contribution is -2.45. The number of amides is 1. The molecule has 5 heteroatoms. The maximum absolute atomic E-state index is 12.5. The lowest BCUT2D eigenvalue weighted by molar-refractivity contribution is 0.0952. The Bertz CT molecular complexity index is 963. The first-order valence-electron chi connectivity index (χ1n) is 10.0. The Kier molecular flexibility index (Phi) is 5.69. The Hall–Kier alpha value is -2.82. The third-order valence-corrected chi connectivity index (χ3v) is 5.99. The van der Waals surface area contributed by atoms with Gasteiger partial charge in [0.15, 0.2) is 0 Å². The van der Waals surface area contributed by atoms with Crippen LogP contribution in [0.2, 0.25) is 0 Å². The molecule has 0 unspecified atom stereocenters. The lowest BCUT2D eigenvalue weighted by Gasteiger charge is -2.45. The van der Waals surface area contributed by atoms with E-state index >= 15 is 0 Å². The minimum absolute atomic E-state index is 0.134. The van der Waals surface area contributed by atoms with Crippen molar-refractivity contribution in [3.63, 3.8) is 0 Å². The van der Waals surface area contributed by atoms with E-state index in [1.807, 2.05) is 19.1 Å². The van der Waals surface area contributed by atoms with Crippen molar-refractivity contribution in [1.29, 1.82) is 0 Å².